The topological polar surface area (TPSA) is 51.2 Å². The summed E-state index contributed by atoms with van der Waals surface area (Å²) in [6.07, 6.45) is -0.593. The quantitative estimate of drug-likeness (QED) is 0.439. The van der Waals surface area contributed by atoms with E-state index < -0.39 is 6.10 Å². The second-order valence-corrected chi connectivity index (χ2v) is 7.40. The third kappa shape index (κ3) is 4.70. The van der Waals surface area contributed by atoms with Gasteiger partial charge in [-0.25, -0.2) is 4.98 Å². The van der Waals surface area contributed by atoms with Crippen molar-refractivity contribution in [3.63, 3.8) is 0 Å². The van der Waals surface area contributed by atoms with Gasteiger partial charge < -0.3 is 10.1 Å². The monoisotopic (exact) mass is 400 g/mol. The summed E-state index contributed by atoms with van der Waals surface area (Å²) in [7, 11) is 0. The van der Waals surface area contributed by atoms with Crippen LogP contribution in [0.5, 0.6) is 5.75 Å². The maximum absolute atomic E-state index is 12.4. The molecule has 0 bridgehead atoms. The number of hydrogen-bond acceptors (Lipinski definition) is 4. The van der Waals surface area contributed by atoms with E-state index >= 15 is 0 Å². The van der Waals surface area contributed by atoms with Crippen molar-refractivity contribution in [3.8, 4) is 27.6 Å². The number of thiazole rings is 1. The third-order valence-corrected chi connectivity index (χ3v) is 5.29. The van der Waals surface area contributed by atoms with Crippen LogP contribution in [0.4, 0.5) is 5.69 Å². The van der Waals surface area contributed by atoms with Crippen LogP contribution >= 0.6 is 11.3 Å². The number of anilines is 1. The van der Waals surface area contributed by atoms with Gasteiger partial charge in [-0.15, -0.1) is 11.3 Å². The van der Waals surface area contributed by atoms with Gasteiger partial charge in [-0.05, 0) is 31.2 Å². The molecule has 0 aliphatic carbocycles. The van der Waals surface area contributed by atoms with Gasteiger partial charge >= 0.3 is 0 Å². The highest BCUT2D eigenvalue weighted by molar-refractivity contribution is 7.13. The van der Waals surface area contributed by atoms with Gasteiger partial charge in [0.15, 0.2) is 6.10 Å². The first kappa shape index (κ1) is 18.9. The van der Waals surface area contributed by atoms with Gasteiger partial charge in [0.1, 0.15) is 10.8 Å². The number of para-hydroxylation sites is 1. The van der Waals surface area contributed by atoms with Crippen molar-refractivity contribution < 1.29 is 9.53 Å². The number of aromatic nitrogens is 1. The largest absolute Gasteiger partial charge is 0.481 e. The van der Waals surface area contributed by atoms with Gasteiger partial charge in [-0.1, -0.05) is 60.7 Å². The summed E-state index contributed by atoms with van der Waals surface area (Å²) in [5.41, 5.74) is 3.77. The first-order valence-corrected chi connectivity index (χ1v) is 10.2. The van der Waals surface area contributed by atoms with Crippen molar-refractivity contribution in [2.75, 3.05) is 5.32 Å². The van der Waals surface area contributed by atoms with Gasteiger partial charge in [0.05, 0.1) is 5.69 Å². The maximum Gasteiger partial charge on any atom is 0.265 e. The van der Waals surface area contributed by atoms with Gasteiger partial charge in [0.25, 0.3) is 5.91 Å². The van der Waals surface area contributed by atoms with Gasteiger partial charge in [0.2, 0.25) is 0 Å². The molecule has 1 atom stereocenters. The Morgan fingerprint density at radius 2 is 1.55 bits per heavy atom. The standard InChI is InChI=1S/C24H20N2O2S/c1-17(28-21-10-6-3-7-11-21)23(27)25-20-14-12-18(13-15-20)22-16-29-24(26-22)19-8-4-2-5-9-19/h2-17H,1H3,(H,25,27)/t17-/m0/s1. The molecule has 5 heteroatoms. The van der Waals surface area contributed by atoms with E-state index in [1.54, 1.807) is 18.3 Å². The lowest BCUT2D eigenvalue weighted by atomic mass is 10.1. The first-order chi connectivity index (χ1) is 14.2. The summed E-state index contributed by atoms with van der Waals surface area (Å²) in [6, 6.07) is 27.1. The molecule has 4 aromatic rings. The van der Waals surface area contributed by atoms with Crippen molar-refractivity contribution in [2.45, 2.75) is 13.0 Å². The molecule has 1 N–H and O–H groups in total. The summed E-state index contributed by atoms with van der Waals surface area (Å²) in [5, 5.41) is 5.93. The van der Waals surface area contributed by atoms with Crippen LogP contribution in [-0.2, 0) is 4.79 Å². The van der Waals surface area contributed by atoms with E-state index in [4.69, 9.17) is 9.72 Å². The minimum Gasteiger partial charge on any atom is -0.481 e. The lowest BCUT2D eigenvalue weighted by Crippen LogP contribution is -2.30. The van der Waals surface area contributed by atoms with E-state index in [2.05, 4.69) is 17.4 Å². The Morgan fingerprint density at radius 1 is 0.897 bits per heavy atom. The highest BCUT2D eigenvalue weighted by Crippen LogP contribution is 2.29. The molecule has 0 saturated carbocycles. The van der Waals surface area contributed by atoms with Crippen LogP contribution < -0.4 is 10.1 Å². The van der Waals surface area contributed by atoms with Crippen molar-refractivity contribution in [1.82, 2.24) is 4.98 Å². The molecule has 0 unspecified atom stereocenters. The summed E-state index contributed by atoms with van der Waals surface area (Å²) in [6.45, 7) is 1.73. The lowest BCUT2D eigenvalue weighted by molar-refractivity contribution is -0.122. The highest BCUT2D eigenvalue weighted by Gasteiger charge is 2.15. The summed E-state index contributed by atoms with van der Waals surface area (Å²) in [4.78, 5) is 17.1. The molecule has 144 valence electrons. The molecule has 1 aromatic heterocycles. The fraction of sp³-hybridized carbons (Fsp3) is 0.0833. The Hall–Kier alpha value is -3.44. The molecule has 4 rings (SSSR count). The number of benzene rings is 3. The zero-order valence-corrected chi connectivity index (χ0v) is 16.7. The average Bonchev–Trinajstić information content (AvgIpc) is 3.26. The number of ether oxygens (including phenoxy) is 1. The molecule has 0 saturated heterocycles. The molecule has 3 aromatic carbocycles. The van der Waals surface area contributed by atoms with Gasteiger partial charge in [-0.2, -0.15) is 0 Å². The molecular weight excluding hydrogens is 380 g/mol. The number of nitrogens with zero attached hydrogens (tertiary/aromatic N) is 1. The van der Waals surface area contributed by atoms with Gasteiger partial charge in [-0.3, -0.25) is 4.79 Å². The Morgan fingerprint density at radius 3 is 2.24 bits per heavy atom. The Bertz CT molecular complexity index is 1080. The molecule has 0 aliphatic heterocycles. The third-order valence-electron chi connectivity index (χ3n) is 4.40. The number of nitrogens with one attached hydrogen (secondary N) is 1. The second-order valence-electron chi connectivity index (χ2n) is 6.54. The predicted molar refractivity (Wildman–Crippen MR) is 118 cm³/mol. The van der Waals surface area contributed by atoms with Crippen molar-refractivity contribution in [3.05, 3.63) is 90.3 Å². The predicted octanol–water partition coefficient (Wildman–Crippen LogP) is 5.88. The summed E-state index contributed by atoms with van der Waals surface area (Å²) in [5.74, 6) is 0.477. The van der Waals surface area contributed by atoms with Crippen LogP contribution in [0.15, 0.2) is 90.3 Å². The summed E-state index contributed by atoms with van der Waals surface area (Å²) >= 11 is 1.62. The normalized spacial score (nSPS) is 11.6. The van der Waals surface area contributed by atoms with Crippen LogP contribution in [0.2, 0.25) is 0 Å². The molecular formula is C24H20N2O2S. The number of amides is 1. The Balaban J connectivity index is 1.40. The number of rotatable bonds is 6. The molecule has 0 fully saturated rings. The number of carbonyl (C=O) groups excluding carboxylic acids is 1. The molecule has 29 heavy (non-hydrogen) atoms. The smallest absolute Gasteiger partial charge is 0.265 e. The zero-order valence-electron chi connectivity index (χ0n) is 15.9. The van der Waals surface area contributed by atoms with Crippen LogP contribution in [0.1, 0.15) is 6.92 Å². The second kappa shape index (κ2) is 8.71. The fourth-order valence-corrected chi connectivity index (χ4v) is 3.68. The van der Waals surface area contributed by atoms with E-state index in [1.165, 1.54) is 0 Å². The molecule has 0 radical (unpaired) electrons. The van der Waals surface area contributed by atoms with E-state index in [0.717, 1.165) is 27.5 Å². The maximum atomic E-state index is 12.4. The van der Waals surface area contributed by atoms with Crippen LogP contribution in [0, 0.1) is 0 Å². The zero-order chi connectivity index (χ0) is 20.1. The number of carbonyl (C=O) groups is 1. The molecule has 0 aliphatic rings. The first-order valence-electron chi connectivity index (χ1n) is 9.33. The SMILES string of the molecule is C[C@H](Oc1ccccc1)C(=O)Nc1ccc(-c2csc(-c3ccccc3)n2)cc1. The minimum absolute atomic E-state index is 0.193. The van der Waals surface area contributed by atoms with Crippen molar-refractivity contribution >= 4 is 22.9 Å². The Labute approximate surface area is 173 Å². The summed E-state index contributed by atoms with van der Waals surface area (Å²) < 4.78 is 5.67. The van der Waals surface area contributed by atoms with E-state index in [0.29, 0.717) is 5.75 Å². The molecule has 4 nitrogen and oxygen atoms in total. The molecule has 0 spiro atoms. The van der Waals surface area contributed by atoms with Gasteiger partial charge in [0, 0.05) is 22.2 Å². The minimum atomic E-state index is -0.593. The lowest BCUT2D eigenvalue weighted by Gasteiger charge is -2.14. The van der Waals surface area contributed by atoms with E-state index in [1.807, 2.05) is 78.2 Å². The van der Waals surface area contributed by atoms with E-state index in [9.17, 15) is 4.79 Å². The van der Waals surface area contributed by atoms with Crippen molar-refractivity contribution in [2.24, 2.45) is 0 Å². The van der Waals surface area contributed by atoms with Crippen LogP contribution in [-0.4, -0.2) is 17.0 Å². The Kier molecular flexibility index (Phi) is 5.68. The molecule has 1 heterocycles. The van der Waals surface area contributed by atoms with E-state index in [-0.39, 0.29) is 5.91 Å². The average molecular weight is 401 g/mol. The molecule has 1 amide bonds. The van der Waals surface area contributed by atoms with Crippen LogP contribution in [0.25, 0.3) is 21.8 Å². The fourth-order valence-electron chi connectivity index (χ4n) is 2.84. The van der Waals surface area contributed by atoms with Crippen molar-refractivity contribution in [1.29, 1.82) is 0 Å². The van der Waals surface area contributed by atoms with Crippen LogP contribution in [0.3, 0.4) is 0 Å². The highest BCUT2D eigenvalue weighted by atomic mass is 32.1. The number of hydrogen-bond donors (Lipinski definition) is 1.